The van der Waals surface area contributed by atoms with Crippen molar-refractivity contribution in [2.24, 2.45) is 0 Å². The first-order chi connectivity index (χ1) is 7.45. The zero-order valence-corrected chi connectivity index (χ0v) is 8.95. The second-order valence-electron chi connectivity index (χ2n) is 3.12. The third kappa shape index (κ3) is 3.52. The van der Waals surface area contributed by atoms with E-state index in [1.807, 2.05) is 0 Å². The minimum atomic E-state index is -4.65. The molecule has 0 amide bonds. The molecule has 0 saturated carbocycles. The van der Waals surface area contributed by atoms with Gasteiger partial charge in [0.15, 0.2) is 0 Å². The highest BCUT2D eigenvalue weighted by Gasteiger charge is 2.33. The minimum Gasteiger partial charge on any atom is -0.206 e. The van der Waals surface area contributed by atoms with Crippen LogP contribution in [0.3, 0.4) is 0 Å². The van der Waals surface area contributed by atoms with E-state index in [0.29, 0.717) is 17.9 Å². The molecule has 1 rings (SSSR count). The molecule has 0 fully saturated rings. The lowest BCUT2D eigenvalue weighted by atomic mass is 10.1. The Morgan fingerprint density at radius 3 is 2.44 bits per heavy atom. The Labute approximate surface area is 95.5 Å². The SMILES string of the molecule is Fc1cc(/C=C/CCCl)ccc1C(F)(F)F. The molecule has 0 bridgehead atoms. The summed E-state index contributed by atoms with van der Waals surface area (Å²) in [5.74, 6) is -0.847. The van der Waals surface area contributed by atoms with Crippen LogP contribution in [0.5, 0.6) is 0 Å². The van der Waals surface area contributed by atoms with E-state index in [1.54, 1.807) is 6.08 Å². The molecular weight excluding hydrogens is 244 g/mol. The average Bonchev–Trinajstić information content (AvgIpc) is 2.16. The molecular formula is C11H9ClF4. The molecule has 88 valence electrons. The molecule has 16 heavy (non-hydrogen) atoms. The van der Waals surface area contributed by atoms with Crippen LogP contribution in [0.25, 0.3) is 6.08 Å². The Morgan fingerprint density at radius 2 is 1.94 bits per heavy atom. The third-order valence-electron chi connectivity index (χ3n) is 1.88. The first-order valence-electron chi connectivity index (χ1n) is 4.54. The van der Waals surface area contributed by atoms with Gasteiger partial charge in [-0.1, -0.05) is 18.2 Å². The van der Waals surface area contributed by atoms with Crippen molar-refractivity contribution >= 4 is 17.7 Å². The lowest BCUT2D eigenvalue weighted by molar-refractivity contribution is -0.140. The van der Waals surface area contributed by atoms with Gasteiger partial charge in [-0.15, -0.1) is 11.6 Å². The third-order valence-corrected chi connectivity index (χ3v) is 2.10. The summed E-state index contributed by atoms with van der Waals surface area (Å²) >= 11 is 5.41. The van der Waals surface area contributed by atoms with E-state index < -0.39 is 17.6 Å². The summed E-state index contributed by atoms with van der Waals surface area (Å²) in [6, 6.07) is 2.81. The summed E-state index contributed by atoms with van der Waals surface area (Å²) in [6.07, 6.45) is -0.854. The molecule has 0 aliphatic rings. The highest BCUT2D eigenvalue weighted by atomic mass is 35.5. The topological polar surface area (TPSA) is 0 Å². The van der Waals surface area contributed by atoms with Gasteiger partial charge in [-0.05, 0) is 24.1 Å². The number of rotatable bonds is 3. The van der Waals surface area contributed by atoms with E-state index >= 15 is 0 Å². The van der Waals surface area contributed by atoms with Crippen molar-refractivity contribution in [2.75, 3.05) is 5.88 Å². The Bertz CT molecular complexity index is 382. The fraction of sp³-hybridized carbons (Fsp3) is 0.273. The van der Waals surface area contributed by atoms with Gasteiger partial charge in [-0.25, -0.2) is 4.39 Å². The number of alkyl halides is 4. The summed E-state index contributed by atoms with van der Waals surface area (Å²) in [5.41, 5.74) is -0.863. The lowest BCUT2D eigenvalue weighted by Crippen LogP contribution is -2.07. The zero-order chi connectivity index (χ0) is 12.2. The van der Waals surface area contributed by atoms with Crippen LogP contribution in [0, 0.1) is 5.82 Å². The molecule has 1 aromatic carbocycles. The van der Waals surface area contributed by atoms with Crippen molar-refractivity contribution < 1.29 is 17.6 Å². The quantitative estimate of drug-likeness (QED) is 0.549. The lowest BCUT2D eigenvalue weighted by Gasteiger charge is -2.07. The van der Waals surface area contributed by atoms with Crippen molar-refractivity contribution in [1.82, 2.24) is 0 Å². The van der Waals surface area contributed by atoms with Crippen LogP contribution in [0.1, 0.15) is 17.5 Å². The molecule has 0 spiro atoms. The van der Waals surface area contributed by atoms with Gasteiger partial charge >= 0.3 is 6.18 Å². The second-order valence-corrected chi connectivity index (χ2v) is 3.50. The predicted molar refractivity (Wildman–Crippen MR) is 55.8 cm³/mol. The summed E-state index contributed by atoms with van der Waals surface area (Å²) in [5, 5.41) is 0. The van der Waals surface area contributed by atoms with Gasteiger partial charge in [0.05, 0.1) is 5.56 Å². The fourth-order valence-electron chi connectivity index (χ4n) is 1.15. The molecule has 0 aromatic heterocycles. The van der Waals surface area contributed by atoms with E-state index in [1.165, 1.54) is 12.1 Å². The monoisotopic (exact) mass is 252 g/mol. The normalized spacial score (nSPS) is 12.3. The van der Waals surface area contributed by atoms with Gasteiger partial charge in [0, 0.05) is 5.88 Å². The summed E-state index contributed by atoms with van der Waals surface area (Å²) in [6.45, 7) is 0. The van der Waals surface area contributed by atoms with Crippen molar-refractivity contribution in [1.29, 1.82) is 0 Å². The van der Waals surface area contributed by atoms with Crippen LogP contribution < -0.4 is 0 Å². The van der Waals surface area contributed by atoms with Crippen molar-refractivity contribution in [2.45, 2.75) is 12.6 Å². The number of allylic oxidation sites excluding steroid dienone is 1. The van der Waals surface area contributed by atoms with E-state index in [0.717, 1.165) is 12.1 Å². The molecule has 1 aromatic rings. The van der Waals surface area contributed by atoms with E-state index in [4.69, 9.17) is 11.6 Å². The Balaban J connectivity index is 2.91. The molecule has 0 radical (unpaired) electrons. The average molecular weight is 253 g/mol. The Hall–Kier alpha value is -1.03. The standard InChI is InChI=1S/C11H9ClF4/c12-6-2-1-3-8-4-5-9(10(13)7-8)11(14,15)16/h1,3-5,7H,2,6H2/b3-1+. The van der Waals surface area contributed by atoms with Gasteiger partial charge in [-0.2, -0.15) is 13.2 Å². The number of halogens is 5. The Morgan fingerprint density at radius 1 is 1.25 bits per heavy atom. The first kappa shape index (κ1) is 13.0. The van der Waals surface area contributed by atoms with Crippen LogP contribution in [-0.4, -0.2) is 5.88 Å². The molecule has 0 saturated heterocycles. The first-order valence-corrected chi connectivity index (χ1v) is 5.08. The van der Waals surface area contributed by atoms with Crippen LogP contribution in [0.2, 0.25) is 0 Å². The van der Waals surface area contributed by atoms with Gasteiger partial charge in [0.1, 0.15) is 5.82 Å². The fourth-order valence-corrected chi connectivity index (χ4v) is 1.27. The summed E-state index contributed by atoms with van der Waals surface area (Å²) in [7, 11) is 0. The van der Waals surface area contributed by atoms with Gasteiger partial charge in [-0.3, -0.25) is 0 Å². The predicted octanol–water partition coefficient (Wildman–Crippen LogP) is 4.49. The molecule has 5 heteroatoms. The largest absolute Gasteiger partial charge is 0.419 e. The molecule has 0 aliphatic carbocycles. The van der Waals surface area contributed by atoms with Gasteiger partial charge in [0.2, 0.25) is 0 Å². The molecule has 0 heterocycles. The molecule has 0 nitrogen and oxygen atoms in total. The molecule has 0 aliphatic heterocycles. The molecule has 0 unspecified atom stereocenters. The van der Waals surface area contributed by atoms with Crippen molar-refractivity contribution in [3.8, 4) is 0 Å². The maximum atomic E-state index is 13.1. The van der Waals surface area contributed by atoms with E-state index in [-0.39, 0.29) is 0 Å². The van der Waals surface area contributed by atoms with E-state index in [2.05, 4.69) is 0 Å². The highest BCUT2D eigenvalue weighted by molar-refractivity contribution is 6.17. The highest BCUT2D eigenvalue weighted by Crippen LogP contribution is 2.31. The molecule has 0 atom stereocenters. The number of hydrogen-bond acceptors (Lipinski definition) is 0. The van der Waals surface area contributed by atoms with Crippen molar-refractivity contribution in [3.05, 3.63) is 41.2 Å². The second kappa shape index (κ2) is 5.34. The zero-order valence-electron chi connectivity index (χ0n) is 8.19. The van der Waals surface area contributed by atoms with Gasteiger partial charge in [0.25, 0.3) is 0 Å². The maximum absolute atomic E-state index is 13.1. The van der Waals surface area contributed by atoms with Crippen molar-refractivity contribution in [3.63, 3.8) is 0 Å². The molecule has 0 N–H and O–H groups in total. The van der Waals surface area contributed by atoms with Crippen LogP contribution in [-0.2, 0) is 6.18 Å². The minimum absolute atomic E-state index is 0.385. The maximum Gasteiger partial charge on any atom is 0.419 e. The smallest absolute Gasteiger partial charge is 0.206 e. The van der Waals surface area contributed by atoms with Crippen LogP contribution in [0.4, 0.5) is 17.6 Å². The van der Waals surface area contributed by atoms with Gasteiger partial charge < -0.3 is 0 Å². The number of benzene rings is 1. The summed E-state index contributed by atoms with van der Waals surface area (Å²) < 4.78 is 49.7. The Kier molecular flexibility index (Phi) is 4.35. The van der Waals surface area contributed by atoms with E-state index in [9.17, 15) is 17.6 Å². The summed E-state index contributed by atoms with van der Waals surface area (Å²) in [4.78, 5) is 0. The van der Waals surface area contributed by atoms with Crippen LogP contribution >= 0.6 is 11.6 Å². The van der Waals surface area contributed by atoms with Crippen LogP contribution in [0.15, 0.2) is 24.3 Å². The number of hydrogen-bond donors (Lipinski definition) is 0.